The van der Waals surface area contributed by atoms with E-state index in [0.717, 1.165) is 0 Å². The maximum Gasteiger partial charge on any atom is 0.306 e. The van der Waals surface area contributed by atoms with Crippen LogP contribution in [0.4, 0.5) is 5.82 Å². The van der Waals surface area contributed by atoms with Gasteiger partial charge in [-0.25, -0.2) is 15.0 Å². The lowest BCUT2D eigenvalue weighted by Crippen LogP contribution is -2.32. The summed E-state index contributed by atoms with van der Waals surface area (Å²) in [5, 5.41) is 2.74. The third-order valence-electron chi connectivity index (χ3n) is 6.17. The molecule has 0 bridgehead atoms. The van der Waals surface area contributed by atoms with Crippen molar-refractivity contribution in [3.8, 4) is 0 Å². The summed E-state index contributed by atoms with van der Waals surface area (Å²) in [5.41, 5.74) is 1.14. The highest BCUT2D eigenvalue weighted by atomic mass is 16.6. The number of benzene rings is 1. The van der Waals surface area contributed by atoms with Gasteiger partial charge in [0.05, 0.1) is 19.2 Å². The number of ketones is 2. The molecule has 13 nitrogen and oxygen atoms in total. The van der Waals surface area contributed by atoms with Crippen LogP contribution in [0.25, 0.3) is 11.2 Å². The lowest BCUT2D eigenvalue weighted by molar-refractivity contribution is -0.159. The Labute approximate surface area is 229 Å². The maximum absolute atomic E-state index is 12.7. The number of anilines is 1. The average Bonchev–Trinajstić information content (AvgIpc) is 3.54. The van der Waals surface area contributed by atoms with Crippen LogP contribution in [0.1, 0.15) is 62.5 Å². The molecule has 3 aromatic rings. The molecule has 1 saturated heterocycles. The van der Waals surface area contributed by atoms with E-state index >= 15 is 0 Å². The SMILES string of the molecule is CC(=O)CCC(=O)OC[C@H]1O[C@@H](n2cnc3c(NC(=O)c4ccccc4)ncnc32)C[C@@H]1OC(=O)CCC(C)=O. The fraction of sp³-hybridized carbons (Fsp3) is 0.407. The van der Waals surface area contributed by atoms with E-state index in [9.17, 15) is 24.0 Å². The van der Waals surface area contributed by atoms with Gasteiger partial charge in [0.1, 0.15) is 42.9 Å². The minimum Gasteiger partial charge on any atom is -0.463 e. The van der Waals surface area contributed by atoms with Gasteiger partial charge in [-0.1, -0.05) is 18.2 Å². The molecule has 3 atom stereocenters. The van der Waals surface area contributed by atoms with Crippen molar-refractivity contribution >= 4 is 46.4 Å². The summed E-state index contributed by atoms with van der Waals surface area (Å²) >= 11 is 0. The number of hydrogen-bond acceptors (Lipinski definition) is 11. The van der Waals surface area contributed by atoms with Crippen LogP contribution in [0.2, 0.25) is 0 Å². The van der Waals surface area contributed by atoms with E-state index in [2.05, 4.69) is 20.3 Å². The minimum atomic E-state index is -0.816. The number of nitrogens with zero attached hydrogens (tertiary/aromatic N) is 4. The number of amides is 1. The monoisotopic (exact) mass is 551 g/mol. The summed E-state index contributed by atoms with van der Waals surface area (Å²) in [6, 6.07) is 8.64. The third kappa shape index (κ3) is 7.32. The summed E-state index contributed by atoms with van der Waals surface area (Å²) in [7, 11) is 0. The molecular weight excluding hydrogens is 522 g/mol. The van der Waals surface area contributed by atoms with Crippen molar-refractivity contribution in [3.63, 3.8) is 0 Å². The van der Waals surface area contributed by atoms with Crippen LogP contribution < -0.4 is 5.32 Å². The number of nitrogens with one attached hydrogen (secondary N) is 1. The van der Waals surface area contributed by atoms with Gasteiger partial charge >= 0.3 is 11.9 Å². The van der Waals surface area contributed by atoms with Gasteiger partial charge in [0.25, 0.3) is 5.91 Å². The van der Waals surface area contributed by atoms with Crippen LogP contribution in [0, 0.1) is 0 Å². The molecule has 0 saturated carbocycles. The number of esters is 2. The van der Waals surface area contributed by atoms with Crippen LogP contribution in [0.3, 0.4) is 0 Å². The van der Waals surface area contributed by atoms with Crippen LogP contribution in [-0.4, -0.2) is 67.7 Å². The van der Waals surface area contributed by atoms with Gasteiger partial charge < -0.3 is 29.1 Å². The van der Waals surface area contributed by atoms with Crippen LogP contribution in [0.5, 0.6) is 0 Å². The molecule has 13 heteroatoms. The molecule has 1 aromatic carbocycles. The van der Waals surface area contributed by atoms with E-state index in [1.165, 1.54) is 26.5 Å². The summed E-state index contributed by atoms with van der Waals surface area (Å²) in [4.78, 5) is 72.4. The fourth-order valence-corrected chi connectivity index (χ4v) is 4.10. The predicted octanol–water partition coefficient (Wildman–Crippen LogP) is 2.56. The van der Waals surface area contributed by atoms with E-state index in [1.54, 1.807) is 34.9 Å². The minimum absolute atomic E-state index is 0.0428. The molecule has 1 N–H and O–H groups in total. The molecule has 2 aromatic heterocycles. The second-order valence-corrected chi connectivity index (χ2v) is 9.35. The molecule has 40 heavy (non-hydrogen) atoms. The van der Waals surface area contributed by atoms with Gasteiger partial charge in [-0.05, 0) is 26.0 Å². The lowest BCUT2D eigenvalue weighted by atomic mass is 10.1. The first kappa shape index (κ1) is 28.5. The number of carbonyl (C=O) groups is 5. The molecule has 3 heterocycles. The van der Waals surface area contributed by atoms with Crippen molar-refractivity contribution in [2.24, 2.45) is 0 Å². The first-order valence-corrected chi connectivity index (χ1v) is 12.7. The van der Waals surface area contributed by atoms with E-state index in [-0.39, 0.29) is 62.0 Å². The Kier molecular flexibility index (Phi) is 9.27. The lowest BCUT2D eigenvalue weighted by Gasteiger charge is -2.18. The van der Waals surface area contributed by atoms with Gasteiger partial charge in [0.2, 0.25) is 0 Å². The second kappa shape index (κ2) is 13.0. The standard InChI is InChI=1S/C27H29N5O8/c1-16(33)8-10-22(35)38-13-20-19(40-23(36)11-9-17(2)34)12-21(39-20)32-15-30-24-25(28-14-29-26(24)32)31-27(37)18-6-4-3-5-7-18/h3-7,14-15,19-21H,8-13H2,1-2H3,(H,28,29,31,37)/t19-,20+,21+/m0/s1. The molecular formula is C27H29N5O8. The van der Waals surface area contributed by atoms with Gasteiger partial charge in [-0.2, -0.15) is 0 Å². The highest BCUT2D eigenvalue weighted by Gasteiger charge is 2.40. The quantitative estimate of drug-likeness (QED) is 0.328. The van der Waals surface area contributed by atoms with E-state index in [4.69, 9.17) is 14.2 Å². The summed E-state index contributed by atoms with van der Waals surface area (Å²) < 4.78 is 18.6. The Bertz CT molecular complexity index is 1410. The molecule has 0 unspecified atom stereocenters. The predicted molar refractivity (Wildman–Crippen MR) is 139 cm³/mol. The number of hydrogen-bond donors (Lipinski definition) is 1. The second-order valence-electron chi connectivity index (χ2n) is 9.35. The Morgan fingerprint density at radius 1 is 0.950 bits per heavy atom. The summed E-state index contributed by atoms with van der Waals surface area (Å²) in [6.45, 7) is 2.55. The van der Waals surface area contributed by atoms with Crippen LogP contribution in [0.15, 0.2) is 43.0 Å². The summed E-state index contributed by atoms with van der Waals surface area (Å²) in [6.07, 6.45) is 0.559. The smallest absolute Gasteiger partial charge is 0.306 e. The Balaban J connectivity index is 1.50. The van der Waals surface area contributed by atoms with Crippen LogP contribution >= 0.6 is 0 Å². The molecule has 1 amide bonds. The van der Waals surface area contributed by atoms with Gasteiger partial charge in [0.15, 0.2) is 17.0 Å². The topological polar surface area (TPSA) is 169 Å². The third-order valence-corrected chi connectivity index (χ3v) is 6.17. The van der Waals surface area contributed by atoms with E-state index < -0.39 is 30.4 Å². The normalized spacial score (nSPS) is 18.3. The van der Waals surface area contributed by atoms with E-state index in [0.29, 0.717) is 16.7 Å². The molecule has 210 valence electrons. The van der Waals surface area contributed by atoms with Gasteiger partial charge in [-0.3, -0.25) is 19.0 Å². The van der Waals surface area contributed by atoms with E-state index in [1.807, 2.05) is 0 Å². The van der Waals surface area contributed by atoms with Crippen molar-refractivity contribution in [2.45, 2.75) is 64.4 Å². The first-order valence-electron chi connectivity index (χ1n) is 12.7. The van der Waals surface area contributed by atoms with Crippen molar-refractivity contribution in [2.75, 3.05) is 11.9 Å². The zero-order valence-electron chi connectivity index (χ0n) is 22.1. The van der Waals surface area contributed by atoms with Crippen molar-refractivity contribution in [3.05, 3.63) is 48.5 Å². The summed E-state index contributed by atoms with van der Waals surface area (Å²) in [5.74, 6) is -1.60. The Hall–Kier alpha value is -4.52. The number of fused-ring (bicyclic) bond motifs is 1. The first-order chi connectivity index (χ1) is 19.2. The maximum atomic E-state index is 12.7. The number of aromatic nitrogens is 4. The molecule has 0 radical (unpaired) electrons. The highest BCUT2D eigenvalue weighted by molar-refractivity contribution is 6.06. The highest BCUT2D eigenvalue weighted by Crippen LogP contribution is 2.34. The number of imidazole rings is 1. The zero-order chi connectivity index (χ0) is 28.6. The van der Waals surface area contributed by atoms with Crippen molar-refractivity contribution < 1.29 is 38.2 Å². The molecule has 1 aliphatic heterocycles. The van der Waals surface area contributed by atoms with Crippen molar-refractivity contribution in [1.29, 1.82) is 0 Å². The molecule has 0 aliphatic carbocycles. The molecule has 1 aliphatic rings. The largest absolute Gasteiger partial charge is 0.463 e. The number of carbonyl (C=O) groups excluding carboxylic acids is 5. The molecule has 1 fully saturated rings. The molecule has 4 rings (SSSR count). The van der Waals surface area contributed by atoms with Gasteiger partial charge in [-0.15, -0.1) is 0 Å². The van der Waals surface area contributed by atoms with Gasteiger partial charge in [0, 0.05) is 24.8 Å². The average molecular weight is 552 g/mol. The van der Waals surface area contributed by atoms with Crippen LogP contribution in [-0.2, 0) is 33.4 Å². The Morgan fingerprint density at radius 3 is 2.35 bits per heavy atom. The van der Waals surface area contributed by atoms with Crippen molar-refractivity contribution in [1.82, 2.24) is 19.5 Å². The Morgan fingerprint density at radius 2 is 1.65 bits per heavy atom. The number of rotatable bonds is 12. The molecule has 0 spiro atoms. The zero-order valence-corrected chi connectivity index (χ0v) is 22.1. The number of Topliss-reactive ketones (excluding diaryl/α,β-unsaturated/α-hetero) is 2. The fourth-order valence-electron chi connectivity index (χ4n) is 4.10. The number of ether oxygens (including phenoxy) is 3.